The van der Waals surface area contributed by atoms with E-state index in [1.54, 1.807) is 11.9 Å². The summed E-state index contributed by atoms with van der Waals surface area (Å²) >= 11 is 0. The zero-order valence-electron chi connectivity index (χ0n) is 13.2. The highest BCUT2D eigenvalue weighted by Gasteiger charge is 2.46. The number of amides is 1. The fourth-order valence-corrected chi connectivity index (χ4v) is 2.62. The highest BCUT2D eigenvalue weighted by molar-refractivity contribution is 5.85. The molecular weight excluding hydrogens is 282 g/mol. The second-order valence-corrected chi connectivity index (χ2v) is 6.10. The summed E-state index contributed by atoms with van der Waals surface area (Å²) in [7, 11) is 1.69. The Morgan fingerprint density at radius 3 is 2.64 bits per heavy atom. The monoisotopic (exact) mass is 305 g/mol. The normalized spacial score (nSPS) is 15.7. The molecule has 0 aromatic heterocycles. The number of rotatable bonds is 7. The van der Waals surface area contributed by atoms with Crippen molar-refractivity contribution in [3.8, 4) is 5.75 Å². The fourth-order valence-electron chi connectivity index (χ4n) is 2.62. The van der Waals surface area contributed by atoms with Crippen molar-refractivity contribution in [2.24, 2.45) is 5.41 Å². The summed E-state index contributed by atoms with van der Waals surface area (Å²) in [6.45, 7) is 2.83. The third-order valence-corrected chi connectivity index (χ3v) is 4.36. The smallest absolute Gasteiger partial charge is 0.310 e. The van der Waals surface area contributed by atoms with E-state index in [2.05, 4.69) is 0 Å². The lowest BCUT2D eigenvalue weighted by atomic mass is 9.66. The van der Waals surface area contributed by atoms with Gasteiger partial charge in [-0.25, -0.2) is 0 Å². The molecule has 1 aromatic rings. The molecule has 1 aliphatic carbocycles. The van der Waals surface area contributed by atoms with Crippen LogP contribution < -0.4 is 4.74 Å². The molecule has 1 aromatic carbocycles. The van der Waals surface area contributed by atoms with Gasteiger partial charge in [0.05, 0.1) is 12.0 Å². The lowest BCUT2D eigenvalue weighted by Gasteiger charge is -2.37. The number of aryl methyl sites for hydroxylation is 1. The number of hydrogen-bond acceptors (Lipinski definition) is 3. The molecule has 2 rings (SSSR count). The van der Waals surface area contributed by atoms with E-state index < -0.39 is 11.4 Å². The molecule has 22 heavy (non-hydrogen) atoms. The molecule has 1 fully saturated rings. The van der Waals surface area contributed by atoms with Crippen LogP contribution in [-0.2, 0) is 9.59 Å². The van der Waals surface area contributed by atoms with E-state index in [1.807, 2.05) is 31.2 Å². The van der Waals surface area contributed by atoms with Gasteiger partial charge in [-0.15, -0.1) is 0 Å². The summed E-state index contributed by atoms with van der Waals surface area (Å²) in [6, 6.07) is 7.73. The number of ether oxygens (including phenoxy) is 1. The minimum Gasteiger partial charge on any atom is -0.492 e. The van der Waals surface area contributed by atoms with Gasteiger partial charge in [0.2, 0.25) is 5.91 Å². The Bertz CT molecular complexity index is 551. The van der Waals surface area contributed by atoms with Crippen molar-refractivity contribution in [2.45, 2.75) is 32.6 Å². The summed E-state index contributed by atoms with van der Waals surface area (Å²) in [4.78, 5) is 25.0. The van der Waals surface area contributed by atoms with Gasteiger partial charge >= 0.3 is 5.97 Å². The lowest BCUT2D eigenvalue weighted by molar-refractivity contribution is -0.159. The molecule has 1 N–H and O–H groups in total. The van der Waals surface area contributed by atoms with Crippen LogP contribution in [0.25, 0.3) is 0 Å². The maximum atomic E-state index is 12.2. The Balaban J connectivity index is 1.78. The first-order chi connectivity index (χ1) is 10.4. The van der Waals surface area contributed by atoms with Crippen LogP contribution in [-0.4, -0.2) is 42.1 Å². The largest absolute Gasteiger partial charge is 0.492 e. The first-order valence-electron chi connectivity index (χ1n) is 7.60. The van der Waals surface area contributed by atoms with Gasteiger partial charge in [0, 0.05) is 13.5 Å². The molecule has 0 heterocycles. The van der Waals surface area contributed by atoms with Crippen LogP contribution in [0.2, 0.25) is 0 Å². The van der Waals surface area contributed by atoms with Gasteiger partial charge in [-0.1, -0.05) is 18.6 Å². The molecule has 0 saturated heterocycles. The molecule has 0 radical (unpaired) electrons. The topological polar surface area (TPSA) is 66.8 Å². The van der Waals surface area contributed by atoms with Crippen molar-refractivity contribution >= 4 is 11.9 Å². The van der Waals surface area contributed by atoms with Gasteiger partial charge in [0.15, 0.2) is 0 Å². The Morgan fingerprint density at radius 1 is 1.36 bits per heavy atom. The van der Waals surface area contributed by atoms with E-state index in [-0.39, 0.29) is 12.3 Å². The maximum absolute atomic E-state index is 12.2. The van der Waals surface area contributed by atoms with Crippen LogP contribution in [0.15, 0.2) is 24.3 Å². The quantitative estimate of drug-likeness (QED) is 0.840. The van der Waals surface area contributed by atoms with E-state index in [0.717, 1.165) is 17.7 Å². The van der Waals surface area contributed by atoms with Crippen molar-refractivity contribution in [2.75, 3.05) is 20.2 Å². The number of carbonyl (C=O) groups excluding carboxylic acids is 1. The van der Waals surface area contributed by atoms with Crippen LogP contribution in [0.4, 0.5) is 0 Å². The first-order valence-corrected chi connectivity index (χ1v) is 7.60. The zero-order chi connectivity index (χ0) is 16.2. The predicted octanol–water partition coefficient (Wildman–Crippen LogP) is 2.48. The first kappa shape index (κ1) is 16.3. The van der Waals surface area contributed by atoms with Crippen molar-refractivity contribution in [1.29, 1.82) is 0 Å². The second kappa shape index (κ2) is 6.81. The third-order valence-electron chi connectivity index (χ3n) is 4.36. The summed E-state index contributed by atoms with van der Waals surface area (Å²) < 4.78 is 5.62. The molecule has 120 valence electrons. The van der Waals surface area contributed by atoms with E-state index in [4.69, 9.17) is 4.74 Å². The van der Waals surface area contributed by atoms with Gasteiger partial charge < -0.3 is 14.7 Å². The van der Waals surface area contributed by atoms with Crippen LogP contribution in [0.5, 0.6) is 5.75 Å². The molecule has 5 nitrogen and oxygen atoms in total. The van der Waals surface area contributed by atoms with E-state index in [0.29, 0.717) is 26.0 Å². The number of benzene rings is 1. The number of aliphatic carboxylic acids is 1. The third kappa shape index (κ3) is 3.78. The van der Waals surface area contributed by atoms with Gasteiger partial charge in [-0.2, -0.15) is 0 Å². The number of hydrogen-bond donors (Lipinski definition) is 1. The standard InChI is InChI=1S/C17H23NO4/c1-13-5-3-6-14(11-13)22-10-9-18(2)15(19)12-17(16(20)21)7-4-8-17/h3,5-6,11H,4,7-10,12H2,1-2H3,(H,20,21). The molecule has 0 unspecified atom stereocenters. The van der Waals surface area contributed by atoms with Gasteiger partial charge in [-0.05, 0) is 37.5 Å². The summed E-state index contributed by atoms with van der Waals surface area (Å²) in [5.41, 5.74) is 0.290. The van der Waals surface area contributed by atoms with Gasteiger partial charge in [-0.3, -0.25) is 9.59 Å². The fraction of sp³-hybridized carbons (Fsp3) is 0.529. The Morgan fingerprint density at radius 2 is 2.09 bits per heavy atom. The molecule has 5 heteroatoms. The average Bonchev–Trinajstić information content (AvgIpc) is 2.42. The van der Waals surface area contributed by atoms with E-state index >= 15 is 0 Å². The SMILES string of the molecule is Cc1cccc(OCCN(C)C(=O)CC2(C(=O)O)CCC2)c1. The van der Waals surface area contributed by atoms with Gasteiger partial charge in [0.25, 0.3) is 0 Å². The van der Waals surface area contributed by atoms with Crippen molar-refractivity contribution in [3.63, 3.8) is 0 Å². The molecule has 0 bridgehead atoms. The highest BCUT2D eigenvalue weighted by Crippen LogP contribution is 2.44. The predicted molar refractivity (Wildman–Crippen MR) is 82.8 cm³/mol. The maximum Gasteiger partial charge on any atom is 0.310 e. The lowest BCUT2D eigenvalue weighted by Crippen LogP contribution is -2.43. The minimum absolute atomic E-state index is 0.0866. The number of carboxylic acids is 1. The Kier molecular flexibility index (Phi) is 5.06. The second-order valence-electron chi connectivity index (χ2n) is 6.10. The van der Waals surface area contributed by atoms with E-state index in [9.17, 15) is 14.7 Å². The average molecular weight is 305 g/mol. The molecule has 1 saturated carbocycles. The van der Waals surface area contributed by atoms with Crippen molar-refractivity contribution < 1.29 is 19.4 Å². The van der Waals surface area contributed by atoms with E-state index in [1.165, 1.54) is 0 Å². The van der Waals surface area contributed by atoms with Gasteiger partial charge in [0.1, 0.15) is 12.4 Å². The number of carboxylic acid groups (broad SMARTS) is 1. The molecule has 1 aliphatic rings. The number of likely N-dealkylation sites (N-methyl/N-ethyl adjacent to an activating group) is 1. The molecule has 0 aliphatic heterocycles. The van der Waals surface area contributed by atoms with Crippen LogP contribution >= 0.6 is 0 Å². The van der Waals surface area contributed by atoms with Crippen molar-refractivity contribution in [1.82, 2.24) is 4.90 Å². The summed E-state index contributed by atoms with van der Waals surface area (Å²) in [6.07, 6.45) is 2.17. The summed E-state index contributed by atoms with van der Waals surface area (Å²) in [5.74, 6) is -0.201. The summed E-state index contributed by atoms with van der Waals surface area (Å²) in [5, 5.41) is 9.27. The van der Waals surface area contributed by atoms with Crippen LogP contribution in [0.1, 0.15) is 31.2 Å². The Hall–Kier alpha value is -2.04. The molecule has 1 amide bonds. The highest BCUT2D eigenvalue weighted by atomic mass is 16.5. The van der Waals surface area contributed by atoms with Crippen LogP contribution in [0.3, 0.4) is 0 Å². The number of carbonyl (C=O) groups is 2. The Labute approximate surface area is 130 Å². The number of nitrogens with zero attached hydrogens (tertiary/aromatic N) is 1. The van der Waals surface area contributed by atoms with Crippen molar-refractivity contribution in [3.05, 3.63) is 29.8 Å². The zero-order valence-corrected chi connectivity index (χ0v) is 13.2. The minimum atomic E-state index is -0.850. The molecule has 0 atom stereocenters. The van der Waals surface area contributed by atoms with Crippen LogP contribution in [0, 0.1) is 12.3 Å². The molecule has 0 spiro atoms. The molecular formula is C17H23NO4.